The Kier molecular flexibility index (Phi) is 4.26. The molecule has 2 heterocycles. The van der Waals surface area contributed by atoms with Crippen molar-refractivity contribution in [2.24, 2.45) is 5.92 Å². The summed E-state index contributed by atoms with van der Waals surface area (Å²) in [7, 11) is 0. The molecule has 2 atom stereocenters. The molecule has 0 aliphatic carbocycles. The highest BCUT2D eigenvalue weighted by Gasteiger charge is 2.35. The fraction of sp³-hybridized carbons (Fsp3) is 1.00. The fourth-order valence-electron chi connectivity index (χ4n) is 3.34. The van der Waals surface area contributed by atoms with Crippen LogP contribution in [0.2, 0.25) is 0 Å². The maximum atomic E-state index is 5.69. The molecule has 2 aliphatic rings. The van der Waals surface area contributed by atoms with Crippen LogP contribution in [0.3, 0.4) is 0 Å². The zero-order valence-corrected chi connectivity index (χ0v) is 10.9. The van der Waals surface area contributed by atoms with Gasteiger partial charge in [-0.3, -0.25) is 0 Å². The first-order valence-corrected chi connectivity index (χ1v) is 7.09. The SMILES string of the molecule is CC(C)C1(CCCC2CCCO2)CCCN1. The monoisotopic (exact) mass is 225 g/mol. The van der Waals surface area contributed by atoms with E-state index in [4.69, 9.17) is 4.74 Å². The lowest BCUT2D eigenvalue weighted by molar-refractivity contribution is 0.0978. The minimum absolute atomic E-state index is 0.443. The van der Waals surface area contributed by atoms with Crippen molar-refractivity contribution in [3.8, 4) is 0 Å². The predicted molar refractivity (Wildman–Crippen MR) is 67.6 cm³/mol. The highest BCUT2D eigenvalue weighted by atomic mass is 16.5. The van der Waals surface area contributed by atoms with Gasteiger partial charge in [0.05, 0.1) is 6.10 Å². The Morgan fingerprint density at radius 2 is 2.25 bits per heavy atom. The van der Waals surface area contributed by atoms with Gasteiger partial charge in [-0.15, -0.1) is 0 Å². The van der Waals surface area contributed by atoms with E-state index in [0.29, 0.717) is 11.6 Å². The third-order valence-corrected chi connectivity index (χ3v) is 4.55. The zero-order valence-electron chi connectivity index (χ0n) is 10.9. The van der Waals surface area contributed by atoms with Crippen molar-refractivity contribution < 1.29 is 4.74 Å². The molecule has 2 saturated heterocycles. The Balaban J connectivity index is 1.73. The first kappa shape index (κ1) is 12.4. The summed E-state index contributed by atoms with van der Waals surface area (Å²) in [4.78, 5) is 0. The van der Waals surface area contributed by atoms with Gasteiger partial charge >= 0.3 is 0 Å². The molecule has 0 aromatic carbocycles. The van der Waals surface area contributed by atoms with Crippen LogP contribution >= 0.6 is 0 Å². The van der Waals surface area contributed by atoms with E-state index < -0.39 is 0 Å². The second-order valence-electron chi connectivity index (χ2n) is 5.87. The van der Waals surface area contributed by atoms with Crippen LogP contribution in [0.25, 0.3) is 0 Å². The van der Waals surface area contributed by atoms with Crippen LogP contribution in [0.1, 0.15) is 58.8 Å². The number of hydrogen-bond donors (Lipinski definition) is 1. The molecule has 2 aliphatic heterocycles. The molecular formula is C14H27NO. The van der Waals surface area contributed by atoms with E-state index in [-0.39, 0.29) is 0 Å². The Morgan fingerprint density at radius 1 is 1.38 bits per heavy atom. The summed E-state index contributed by atoms with van der Waals surface area (Å²) in [6.45, 7) is 6.95. The second-order valence-corrected chi connectivity index (χ2v) is 5.87. The number of ether oxygens (including phenoxy) is 1. The van der Waals surface area contributed by atoms with E-state index in [0.717, 1.165) is 12.5 Å². The maximum Gasteiger partial charge on any atom is 0.0576 e. The molecule has 2 heteroatoms. The molecule has 0 amide bonds. The van der Waals surface area contributed by atoms with E-state index in [1.165, 1.54) is 51.5 Å². The van der Waals surface area contributed by atoms with E-state index in [1.54, 1.807) is 0 Å². The average molecular weight is 225 g/mol. The molecule has 0 radical (unpaired) electrons. The lowest BCUT2D eigenvalue weighted by Crippen LogP contribution is -2.44. The Morgan fingerprint density at radius 3 is 2.81 bits per heavy atom. The summed E-state index contributed by atoms with van der Waals surface area (Å²) in [5.41, 5.74) is 0.443. The molecule has 0 aromatic heterocycles. The standard InChI is InChI=1S/C14H27NO/c1-12(2)14(9-5-10-15-14)8-3-6-13-7-4-11-16-13/h12-13,15H,3-11H2,1-2H3. The molecule has 1 N–H and O–H groups in total. The van der Waals surface area contributed by atoms with Gasteiger partial charge in [0.15, 0.2) is 0 Å². The van der Waals surface area contributed by atoms with Gasteiger partial charge in [-0.25, -0.2) is 0 Å². The summed E-state index contributed by atoms with van der Waals surface area (Å²) < 4.78 is 5.69. The Labute approximate surface area is 100 Å². The topological polar surface area (TPSA) is 21.3 Å². The first-order valence-electron chi connectivity index (χ1n) is 7.09. The summed E-state index contributed by atoms with van der Waals surface area (Å²) in [5, 5.41) is 3.75. The fourth-order valence-corrected chi connectivity index (χ4v) is 3.34. The quantitative estimate of drug-likeness (QED) is 0.776. The highest BCUT2D eigenvalue weighted by molar-refractivity contribution is 4.95. The highest BCUT2D eigenvalue weighted by Crippen LogP contribution is 2.33. The number of nitrogens with one attached hydrogen (secondary N) is 1. The van der Waals surface area contributed by atoms with Gasteiger partial charge in [-0.05, 0) is 57.4 Å². The molecule has 2 nitrogen and oxygen atoms in total. The van der Waals surface area contributed by atoms with Crippen LogP contribution in [0.5, 0.6) is 0 Å². The minimum atomic E-state index is 0.443. The van der Waals surface area contributed by atoms with Gasteiger partial charge in [0.2, 0.25) is 0 Å². The van der Waals surface area contributed by atoms with Crippen LogP contribution in [0.15, 0.2) is 0 Å². The Bertz CT molecular complexity index is 203. The molecule has 0 spiro atoms. The number of rotatable bonds is 5. The molecule has 2 rings (SSSR count). The number of hydrogen-bond acceptors (Lipinski definition) is 2. The smallest absolute Gasteiger partial charge is 0.0576 e. The van der Waals surface area contributed by atoms with Gasteiger partial charge in [0, 0.05) is 12.1 Å². The van der Waals surface area contributed by atoms with E-state index in [9.17, 15) is 0 Å². The summed E-state index contributed by atoms with van der Waals surface area (Å²) in [5.74, 6) is 0.763. The van der Waals surface area contributed by atoms with Crippen LogP contribution in [0.4, 0.5) is 0 Å². The largest absolute Gasteiger partial charge is 0.378 e. The van der Waals surface area contributed by atoms with Gasteiger partial charge in [0.1, 0.15) is 0 Å². The van der Waals surface area contributed by atoms with Crippen molar-refractivity contribution in [1.82, 2.24) is 5.32 Å². The summed E-state index contributed by atoms with van der Waals surface area (Å²) >= 11 is 0. The summed E-state index contributed by atoms with van der Waals surface area (Å²) in [6.07, 6.45) is 9.82. The Hall–Kier alpha value is -0.0800. The van der Waals surface area contributed by atoms with E-state index in [2.05, 4.69) is 19.2 Å². The predicted octanol–water partition coefficient (Wildman–Crippen LogP) is 3.11. The van der Waals surface area contributed by atoms with Crippen molar-refractivity contribution in [2.45, 2.75) is 70.4 Å². The third-order valence-electron chi connectivity index (χ3n) is 4.55. The molecular weight excluding hydrogens is 198 g/mol. The average Bonchev–Trinajstić information content (AvgIpc) is 2.88. The molecule has 16 heavy (non-hydrogen) atoms. The van der Waals surface area contributed by atoms with Crippen molar-refractivity contribution in [3.05, 3.63) is 0 Å². The maximum absolute atomic E-state index is 5.69. The van der Waals surface area contributed by atoms with Crippen molar-refractivity contribution in [1.29, 1.82) is 0 Å². The molecule has 0 bridgehead atoms. The van der Waals surface area contributed by atoms with Crippen molar-refractivity contribution in [2.75, 3.05) is 13.2 Å². The van der Waals surface area contributed by atoms with Crippen LogP contribution in [-0.4, -0.2) is 24.8 Å². The minimum Gasteiger partial charge on any atom is -0.378 e. The molecule has 0 saturated carbocycles. The zero-order chi connectivity index (χ0) is 11.4. The van der Waals surface area contributed by atoms with Crippen LogP contribution < -0.4 is 5.32 Å². The van der Waals surface area contributed by atoms with E-state index >= 15 is 0 Å². The molecule has 2 unspecified atom stereocenters. The lowest BCUT2D eigenvalue weighted by atomic mass is 9.80. The van der Waals surface area contributed by atoms with E-state index in [1.807, 2.05) is 0 Å². The molecule has 0 aromatic rings. The lowest BCUT2D eigenvalue weighted by Gasteiger charge is -2.34. The van der Waals surface area contributed by atoms with Crippen molar-refractivity contribution in [3.63, 3.8) is 0 Å². The first-order chi connectivity index (χ1) is 7.73. The third kappa shape index (κ3) is 2.78. The van der Waals surface area contributed by atoms with Crippen molar-refractivity contribution >= 4 is 0 Å². The normalized spacial score (nSPS) is 35.1. The second kappa shape index (κ2) is 5.50. The van der Waals surface area contributed by atoms with Gasteiger partial charge in [0.25, 0.3) is 0 Å². The molecule has 2 fully saturated rings. The van der Waals surface area contributed by atoms with Gasteiger partial charge in [-0.1, -0.05) is 13.8 Å². The van der Waals surface area contributed by atoms with Gasteiger partial charge in [-0.2, -0.15) is 0 Å². The summed E-state index contributed by atoms with van der Waals surface area (Å²) in [6, 6.07) is 0. The van der Waals surface area contributed by atoms with Gasteiger partial charge < -0.3 is 10.1 Å². The van der Waals surface area contributed by atoms with Crippen LogP contribution in [-0.2, 0) is 4.74 Å². The van der Waals surface area contributed by atoms with Crippen LogP contribution in [0, 0.1) is 5.92 Å². The molecule has 94 valence electrons.